The fourth-order valence-electron chi connectivity index (χ4n) is 3.32. The molecular formula is C31H58O3Si2. The van der Waals surface area contributed by atoms with Gasteiger partial charge >= 0.3 is 0 Å². The lowest BCUT2D eigenvalue weighted by molar-refractivity contribution is -0.104. The first kappa shape index (κ1) is 35.0. The summed E-state index contributed by atoms with van der Waals surface area (Å²) >= 11 is 0. The first-order valence-corrected chi connectivity index (χ1v) is 19.4. The summed E-state index contributed by atoms with van der Waals surface area (Å²) in [6.45, 7) is 35.9. The second-order valence-electron chi connectivity index (χ2n) is 13.9. The van der Waals surface area contributed by atoms with Crippen molar-refractivity contribution in [1.29, 1.82) is 0 Å². The Kier molecular flexibility index (Phi) is 13.3. The van der Waals surface area contributed by atoms with E-state index in [1.54, 1.807) is 6.08 Å². The third-order valence-electron chi connectivity index (χ3n) is 8.22. The Balaban J connectivity index is 6.58. The summed E-state index contributed by atoms with van der Waals surface area (Å²) in [6, 6.07) is 0. The zero-order valence-electron chi connectivity index (χ0n) is 26.6. The minimum Gasteiger partial charge on any atom is -0.413 e. The second kappa shape index (κ2) is 13.7. The number of carbonyl (C=O) groups is 1. The number of hydrogen-bond acceptors (Lipinski definition) is 3. The highest BCUT2D eigenvalue weighted by molar-refractivity contribution is 6.74. The monoisotopic (exact) mass is 534 g/mol. The predicted molar refractivity (Wildman–Crippen MR) is 165 cm³/mol. The second-order valence-corrected chi connectivity index (χ2v) is 23.4. The molecule has 0 saturated heterocycles. The molecule has 0 rings (SSSR count). The van der Waals surface area contributed by atoms with Crippen LogP contribution < -0.4 is 0 Å². The molecule has 0 aromatic rings. The van der Waals surface area contributed by atoms with E-state index in [0.29, 0.717) is 0 Å². The van der Waals surface area contributed by atoms with E-state index in [4.69, 9.17) is 8.85 Å². The quantitative estimate of drug-likeness (QED) is 0.108. The van der Waals surface area contributed by atoms with Crippen LogP contribution in [-0.2, 0) is 13.6 Å². The largest absolute Gasteiger partial charge is 0.413 e. The average molecular weight is 535 g/mol. The van der Waals surface area contributed by atoms with E-state index in [-0.39, 0.29) is 28.2 Å². The minimum absolute atomic E-state index is 0.0380. The highest BCUT2D eigenvalue weighted by Crippen LogP contribution is 2.41. The van der Waals surface area contributed by atoms with Gasteiger partial charge in [-0.2, -0.15) is 0 Å². The van der Waals surface area contributed by atoms with Crippen LogP contribution in [0.3, 0.4) is 0 Å². The van der Waals surface area contributed by atoms with Gasteiger partial charge in [0.2, 0.25) is 0 Å². The van der Waals surface area contributed by atoms with E-state index in [2.05, 4.69) is 121 Å². The molecule has 5 heteroatoms. The Hall–Kier alpha value is -1.02. The number of hydrogen-bond donors (Lipinski definition) is 0. The van der Waals surface area contributed by atoms with Crippen LogP contribution in [0.1, 0.15) is 89.5 Å². The van der Waals surface area contributed by atoms with Crippen LogP contribution in [0.2, 0.25) is 36.3 Å². The van der Waals surface area contributed by atoms with Gasteiger partial charge in [0.15, 0.2) is 16.6 Å². The lowest BCUT2D eigenvalue weighted by Gasteiger charge is -2.44. The molecule has 0 bridgehead atoms. The first-order chi connectivity index (χ1) is 16.1. The topological polar surface area (TPSA) is 35.5 Å². The molecule has 208 valence electrons. The molecule has 0 aliphatic carbocycles. The molecule has 0 radical (unpaired) electrons. The van der Waals surface area contributed by atoms with Crippen molar-refractivity contribution < 1.29 is 13.6 Å². The molecule has 0 heterocycles. The summed E-state index contributed by atoms with van der Waals surface area (Å²) in [5, 5.41) is 0.203. The van der Waals surface area contributed by atoms with Gasteiger partial charge in [0.1, 0.15) is 6.29 Å². The molecule has 3 atom stereocenters. The minimum atomic E-state index is -2.04. The molecule has 0 fully saturated rings. The van der Waals surface area contributed by atoms with Crippen LogP contribution in [-0.4, -0.2) is 35.1 Å². The smallest absolute Gasteiger partial charge is 0.192 e. The highest BCUT2D eigenvalue weighted by atomic mass is 28.4. The summed E-state index contributed by atoms with van der Waals surface area (Å²) in [4.78, 5) is 11.1. The van der Waals surface area contributed by atoms with E-state index >= 15 is 0 Å². The Morgan fingerprint density at radius 2 is 1.28 bits per heavy atom. The molecule has 0 amide bonds. The number of carbonyl (C=O) groups excluding carboxylic acids is 1. The van der Waals surface area contributed by atoms with Crippen molar-refractivity contribution in [3.05, 3.63) is 46.6 Å². The van der Waals surface area contributed by atoms with Crippen molar-refractivity contribution in [2.75, 3.05) is 0 Å². The summed E-state index contributed by atoms with van der Waals surface area (Å²) in [5.41, 5.74) is 5.08. The Morgan fingerprint density at radius 1 is 0.806 bits per heavy atom. The van der Waals surface area contributed by atoms with Crippen molar-refractivity contribution in [2.45, 2.75) is 138 Å². The number of aldehydes is 1. The van der Waals surface area contributed by atoms with E-state index in [0.717, 1.165) is 12.7 Å². The summed E-state index contributed by atoms with van der Waals surface area (Å²) in [5.74, 6) is 0.104. The predicted octanol–water partition coefficient (Wildman–Crippen LogP) is 9.80. The van der Waals surface area contributed by atoms with E-state index < -0.39 is 16.6 Å². The summed E-state index contributed by atoms with van der Waals surface area (Å²) in [6.07, 6.45) is 9.65. The maximum Gasteiger partial charge on any atom is 0.192 e. The first-order valence-electron chi connectivity index (χ1n) is 13.5. The molecule has 0 aliphatic heterocycles. The standard InChI is InChI=1S/C31H58O3Si2/c1-23(2)26(5)20-24(3)21-27(6)29(34-36(15,16)31(10,11)12)22-28(25(4)18-17-19-32)33-35(13,14)30(7,8)9/h17-21,25,28-29H,22H2,1-16H3/b18-17+,24-20+,27-21+/t25-,28-,29-/m1/s1. The van der Waals surface area contributed by atoms with Crippen molar-refractivity contribution in [3.63, 3.8) is 0 Å². The van der Waals surface area contributed by atoms with Crippen LogP contribution in [0, 0.1) is 5.92 Å². The Morgan fingerprint density at radius 3 is 1.69 bits per heavy atom. The number of rotatable bonds is 12. The van der Waals surface area contributed by atoms with Crippen molar-refractivity contribution in [3.8, 4) is 0 Å². The van der Waals surface area contributed by atoms with Gasteiger partial charge in [0.05, 0.1) is 12.2 Å². The highest BCUT2D eigenvalue weighted by Gasteiger charge is 2.43. The fourth-order valence-corrected chi connectivity index (χ4v) is 6.09. The zero-order valence-corrected chi connectivity index (χ0v) is 28.6. The van der Waals surface area contributed by atoms with Gasteiger partial charge in [0.25, 0.3) is 0 Å². The van der Waals surface area contributed by atoms with Crippen molar-refractivity contribution >= 4 is 22.9 Å². The Bertz CT molecular complexity index is 842. The zero-order chi connectivity index (χ0) is 28.7. The molecule has 0 aromatic carbocycles. The van der Waals surface area contributed by atoms with Crippen LogP contribution in [0.15, 0.2) is 46.6 Å². The van der Waals surface area contributed by atoms with Crippen LogP contribution >= 0.6 is 0 Å². The molecule has 0 saturated carbocycles. The fraction of sp³-hybridized carbons (Fsp3) is 0.710. The maximum absolute atomic E-state index is 11.1. The van der Waals surface area contributed by atoms with E-state index in [1.807, 2.05) is 6.08 Å². The molecule has 36 heavy (non-hydrogen) atoms. The van der Waals surface area contributed by atoms with Gasteiger partial charge < -0.3 is 8.85 Å². The van der Waals surface area contributed by atoms with Gasteiger partial charge in [-0.05, 0) is 88.5 Å². The maximum atomic E-state index is 11.1. The van der Waals surface area contributed by atoms with Gasteiger partial charge in [-0.15, -0.1) is 0 Å². The summed E-state index contributed by atoms with van der Waals surface area (Å²) in [7, 11) is -4.08. The lowest BCUT2D eigenvalue weighted by Crippen LogP contribution is -2.48. The third-order valence-corrected chi connectivity index (χ3v) is 17.2. The molecule has 0 spiro atoms. The molecule has 3 nitrogen and oxygen atoms in total. The Labute approximate surface area is 226 Å². The van der Waals surface area contributed by atoms with Crippen LogP contribution in [0.25, 0.3) is 0 Å². The van der Waals surface area contributed by atoms with Crippen molar-refractivity contribution in [2.24, 2.45) is 5.92 Å². The van der Waals surface area contributed by atoms with Gasteiger partial charge in [-0.3, -0.25) is 4.79 Å². The average Bonchev–Trinajstić information content (AvgIpc) is 2.68. The van der Waals surface area contributed by atoms with Crippen molar-refractivity contribution in [1.82, 2.24) is 0 Å². The molecule has 0 aromatic heterocycles. The molecule has 0 N–H and O–H groups in total. The third kappa shape index (κ3) is 11.2. The van der Waals surface area contributed by atoms with Gasteiger partial charge in [-0.1, -0.05) is 83.4 Å². The van der Waals surface area contributed by atoms with E-state index in [9.17, 15) is 4.79 Å². The van der Waals surface area contributed by atoms with Gasteiger partial charge in [0, 0.05) is 6.42 Å². The SMILES string of the molecule is CC(C)=C(C)/C=C(C)/C=C(\C)[C@@H](C[C@@H](O[Si](C)(C)C(C)(C)C)[C@H](C)/C=C/C=O)O[Si](C)(C)C(C)(C)C. The normalized spacial score (nSPS) is 17.2. The van der Waals surface area contributed by atoms with Crippen LogP contribution in [0.4, 0.5) is 0 Å². The van der Waals surface area contributed by atoms with E-state index in [1.165, 1.54) is 22.3 Å². The molecule has 0 unspecified atom stereocenters. The summed E-state index contributed by atoms with van der Waals surface area (Å²) < 4.78 is 14.1. The van der Waals surface area contributed by atoms with Gasteiger partial charge in [-0.25, -0.2) is 0 Å². The molecule has 0 aliphatic rings. The lowest BCUT2D eigenvalue weighted by atomic mass is 9.95. The number of allylic oxidation sites excluding steroid dienone is 6. The van der Waals surface area contributed by atoms with Crippen LogP contribution in [0.5, 0.6) is 0 Å². The molecular weight excluding hydrogens is 477 g/mol.